The van der Waals surface area contributed by atoms with Gasteiger partial charge in [-0.3, -0.25) is 14.4 Å². The normalized spacial score (nSPS) is 21.7. The fraction of sp³-hybridized carbons (Fsp3) is 0.609. The number of aryl methyl sites for hydroxylation is 1. The summed E-state index contributed by atoms with van der Waals surface area (Å²) in [6, 6.07) is 6.97. The van der Waals surface area contributed by atoms with Crippen LogP contribution in [0.5, 0.6) is 5.75 Å². The lowest BCUT2D eigenvalue weighted by Gasteiger charge is -2.35. The van der Waals surface area contributed by atoms with E-state index in [1.807, 2.05) is 32.3 Å². The number of likely N-dealkylation sites (N-methyl/N-ethyl adjacent to an activating group) is 1. The molecule has 0 unspecified atom stereocenters. The lowest BCUT2D eigenvalue weighted by atomic mass is 10.0. The van der Waals surface area contributed by atoms with Crippen LogP contribution in [-0.4, -0.2) is 79.8 Å². The average molecular weight is 446 g/mol. The van der Waals surface area contributed by atoms with E-state index in [4.69, 9.17) is 4.74 Å². The van der Waals surface area contributed by atoms with Gasteiger partial charge in [0.15, 0.2) is 0 Å². The lowest BCUT2D eigenvalue weighted by molar-refractivity contribution is -0.136. The molecule has 0 saturated carbocycles. The van der Waals surface area contributed by atoms with Crippen LogP contribution < -0.4 is 0 Å². The Bertz CT molecular complexity index is 874. The summed E-state index contributed by atoms with van der Waals surface area (Å²) >= 11 is 0. The molecule has 0 spiro atoms. The Morgan fingerprint density at radius 1 is 1.38 bits per heavy atom. The predicted octanol–water partition coefficient (Wildman–Crippen LogP) is 1.64. The van der Waals surface area contributed by atoms with E-state index in [1.165, 1.54) is 0 Å². The first-order valence-electron chi connectivity index (χ1n) is 11.2. The molecule has 32 heavy (non-hydrogen) atoms. The summed E-state index contributed by atoms with van der Waals surface area (Å²) < 4.78 is 8.03. The third kappa shape index (κ3) is 6.75. The van der Waals surface area contributed by atoms with Gasteiger partial charge < -0.3 is 19.8 Å². The van der Waals surface area contributed by atoms with Crippen LogP contribution in [0.25, 0.3) is 0 Å². The molecule has 2 aromatic rings. The summed E-state index contributed by atoms with van der Waals surface area (Å²) in [7, 11) is 2.01. The van der Waals surface area contributed by atoms with Gasteiger partial charge in [0.1, 0.15) is 11.4 Å². The molecule has 0 saturated heterocycles. The van der Waals surface area contributed by atoms with Gasteiger partial charge in [0.05, 0.1) is 31.6 Å². The molecular weight excluding hydrogens is 410 g/mol. The molecule has 3 rings (SSSR count). The van der Waals surface area contributed by atoms with Crippen LogP contribution in [0.4, 0.5) is 0 Å². The summed E-state index contributed by atoms with van der Waals surface area (Å²) in [6.07, 6.45) is 2.77. The highest BCUT2D eigenvalue weighted by Crippen LogP contribution is 2.19. The van der Waals surface area contributed by atoms with Gasteiger partial charge in [0.25, 0.3) is 0 Å². The first-order chi connectivity index (χ1) is 15.4. The number of ether oxygens (including phenoxy) is 1. The Balaban J connectivity index is 1.76. The number of phenolic OH excluding ortho intramolecular Hbond substituents is 1. The largest absolute Gasteiger partial charge is 0.508 e. The van der Waals surface area contributed by atoms with Crippen molar-refractivity contribution >= 4 is 5.91 Å². The van der Waals surface area contributed by atoms with Crippen molar-refractivity contribution in [3.8, 4) is 5.75 Å². The van der Waals surface area contributed by atoms with Crippen molar-refractivity contribution in [2.45, 2.75) is 58.5 Å². The van der Waals surface area contributed by atoms with Gasteiger partial charge in [-0.25, -0.2) is 0 Å². The van der Waals surface area contributed by atoms with E-state index in [9.17, 15) is 15.0 Å². The van der Waals surface area contributed by atoms with Crippen molar-refractivity contribution in [1.29, 1.82) is 0 Å². The number of aliphatic hydroxyl groups is 1. The first-order valence-corrected chi connectivity index (χ1v) is 11.2. The van der Waals surface area contributed by atoms with E-state index in [-0.39, 0.29) is 36.3 Å². The second kappa shape index (κ2) is 11.4. The molecule has 9 heteroatoms. The molecule has 9 nitrogen and oxygen atoms in total. The minimum atomic E-state index is -0.252. The Labute approximate surface area is 189 Å². The molecule has 1 aliphatic heterocycles. The molecule has 1 aliphatic rings. The number of aliphatic hydroxyl groups excluding tert-OH is 1. The van der Waals surface area contributed by atoms with Crippen LogP contribution in [0.1, 0.15) is 37.9 Å². The number of carbonyl (C=O) groups is 1. The predicted molar refractivity (Wildman–Crippen MR) is 120 cm³/mol. The van der Waals surface area contributed by atoms with Crippen molar-refractivity contribution < 1.29 is 19.7 Å². The number of fused-ring (bicyclic) bond motifs is 2. The minimum absolute atomic E-state index is 0.0323. The van der Waals surface area contributed by atoms with E-state index in [0.717, 1.165) is 11.3 Å². The first kappa shape index (κ1) is 24.2. The summed E-state index contributed by atoms with van der Waals surface area (Å²) in [6.45, 7) is 6.64. The number of benzene rings is 1. The van der Waals surface area contributed by atoms with Gasteiger partial charge in [0.2, 0.25) is 5.91 Å². The molecule has 0 radical (unpaired) electrons. The third-order valence-corrected chi connectivity index (χ3v) is 5.90. The number of rotatable bonds is 6. The SMILES string of the molecule is C[C@H]1CN([C@@H](C)CO)C(=O)CCCn2cc(nn2)CO[C@H]1CN(C)Cc1cccc(O)c1. The number of nitrogens with zero attached hydrogens (tertiary/aromatic N) is 5. The fourth-order valence-corrected chi connectivity index (χ4v) is 4.03. The summed E-state index contributed by atoms with van der Waals surface area (Å²) in [4.78, 5) is 16.8. The summed E-state index contributed by atoms with van der Waals surface area (Å²) in [5.41, 5.74) is 1.78. The summed E-state index contributed by atoms with van der Waals surface area (Å²) in [5, 5.41) is 27.8. The molecular formula is C23H35N5O4. The highest BCUT2D eigenvalue weighted by Gasteiger charge is 2.28. The highest BCUT2D eigenvalue weighted by molar-refractivity contribution is 5.76. The standard InChI is InChI=1S/C23H35N5O4/c1-17-11-28(18(2)15-29)23(31)8-5-9-27-13-20(24-25-27)16-32-22(17)14-26(3)12-19-6-4-7-21(30)10-19/h4,6-7,10,13,17-18,22,29-30H,5,8-9,11-12,14-16H2,1-3H3/t17-,18-,22-/m0/s1. The van der Waals surface area contributed by atoms with Gasteiger partial charge >= 0.3 is 0 Å². The van der Waals surface area contributed by atoms with Crippen molar-refractivity contribution in [3.63, 3.8) is 0 Å². The Kier molecular flexibility index (Phi) is 8.60. The second-order valence-corrected chi connectivity index (χ2v) is 8.85. The molecule has 2 bridgehead atoms. The van der Waals surface area contributed by atoms with Gasteiger partial charge in [-0.15, -0.1) is 5.10 Å². The van der Waals surface area contributed by atoms with Crippen LogP contribution in [-0.2, 0) is 29.2 Å². The number of hydrogen-bond acceptors (Lipinski definition) is 7. The summed E-state index contributed by atoms with van der Waals surface area (Å²) in [5.74, 6) is 0.318. The number of carbonyl (C=O) groups excluding carboxylic acids is 1. The molecule has 0 aliphatic carbocycles. The van der Waals surface area contributed by atoms with Crippen LogP contribution in [0.3, 0.4) is 0 Å². The molecule has 2 N–H and O–H groups in total. The third-order valence-electron chi connectivity index (χ3n) is 5.90. The number of aromatic nitrogens is 3. The van der Waals surface area contributed by atoms with Gasteiger partial charge in [-0.05, 0) is 38.1 Å². The van der Waals surface area contributed by atoms with E-state index in [0.29, 0.717) is 45.6 Å². The van der Waals surface area contributed by atoms with Crippen molar-refractivity contribution in [1.82, 2.24) is 24.8 Å². The van der Waals surface area contributed by atoms with Crippen LogP contribution in [0.2, 0.25) is 0 Å². The highest BCUT2D eigenvalue weighted by atomic mass is 16.5. The Morgan fingerprint density at radius 2 is 2.19 bits per heavy atom. The van der Waals surface area contributed by atoms with Gasteiger partial charge in [-0.1, -0.05) is 24.3 Å². The molecule has 2 heterocycles. The van der Waals surface area contributed by atoms with Gasteiger partial charge in [0, 0.05) is 38.5 Å². The van der Waals surface area contributed by atoms with Crippen molar-refractivity contribution in [3.05, 3.63) is 41.7 Å². The minimum Gasteiger partial charge on any atom is -0.508 e. The van der Waals surface area contributed by atoms with Crippen molar-refractivity contribution in [2.24, 2.45) is 5.92 Å². The molecule has 176 valence electrons. The van der Waals surface area contributed by atoms with Gasteiger partial charge in [-0.2, -0.15) is 0 Å². The maximum absolute atomic E-state index is 12.9. The topological polar surface area (TPSA) is 104 Å². The quantitative estimate of drug-likeness (QED) is 0.697. The molecule has 3 atom stereocenters. The second-order valence-electron chi connectivity index (χ2n) is 8.85. The Morgan fingerprint density at radius 3 is 2.94 bits per heavy atom. The monoisotopic (exact) mass is 445 g/mol. The fourth-order valence-electron chi connectivity index (χ4n) is 4.03. The van der Waals surface area contributed by atoms with E-state index < -0.39 is 0 Å². The van der Waals surface area contributed by atoms with Crippen LogP contribution >= 0.6 is 0 Å². The zero-order valence-corrected chi connectivity index (χ0v) is 19.2. The molecule has 0 fully saturated rings. The molecule has 1 amide bonds. The Hall–Kier alpha value is -2.49. The van der Waals surface area contributed by atoms with Crippen LogP contribution in [0.15, 0.2) is 30.5 Å². The molecule has 1 aromatic heterocycles. The maximum atomic E-state index is 12.9. The smallest absolute Gasteiger partial charge is 0.222 e. The number of amides is 1. The average Bonchev–Trinajstić information content (AvgIpc) is 3.21. The zero-order chi connectivity index (χ0) is 23.1. The zero-order valence-electron chi connectivity index (χ0n) is 19.2. The van der Waals surface area contributed by atoms with E-state index in [2.05, 4.69) is 22.1 Å². The number of aromatic hydroxyl groups is 1. The van der Waals surface area contributed by atoms with E-state index >= 15 is 0 Å². The number of hydrogen-bond donors (Lipinski definition) is 2. The maximum Gasteiger partial charge on any atom is 0.222 e. The lowest BCUT2D eigenvalue weighted by Crippen LogP contribution is -2.47. The van der Waals surface area contributed by atoms with Crippen molar-refractivity contribution in [2.75, 3.05) is 26.7 Å². The van der Waals surface area contributed by atoms with Crippen LogP contribution in [0, 0.1) is 5.92 Å². The number of phenols is 1. The van der Waals surface area contributed by atoms with E-state index in [1.54, 1.807) is 21.7 Å². The molecule has 1 aromatic carbocycles.